The van der Waals surface area contributed by atoms with Crippen molar-refractivity contribution in [3.8, 4) is 11.3 Å². The summed E-state index contributed by atoms with van der Waals surface area (Å²) in [7, 11) is -3.67. The average molecular weight is 520 g/mol. The molecule has 0 bridgehead atoms. The van der Waals surface area contributed by atoms with Crippen LogP contribution in [0.3, 0.4) is 0 Å². The maximum Gasteiger partial charge on any atom is 0.335 e. The highest BCUT2D eigenvalue weighted by molar-refractivity contribution is 7.93. The number of carboxylic acid groups (broad SMARTS) is 1. The van der Waals surface area contributed by atoms with Gasteiger partial charge in [-0.25, -0.2) is 18.2 Å². The molecule has 11 heteroatoms. The fourth-order valence-corrected chi connectivity index (χ4v) is 5.79. The number of furan rings is 1. The second-order valence-electron chi connectivity index (χ2n) is 7.74. The molecule has 180 valence electrons. The molecule has 0 fully saturated rings. The number of rotatable bonds is 6. The standard InChI is InChI=1S/C25H17N3O6S2/c1-15-21(23(29)28(27-15)18-6-2-17(3-7-18)24(30)31)14-19-8-11-22(34-19)16-4-9-20(10-5-16)36(32,33)25-26-12-13-35-25/h2-14H,1H3,(H,30,31). The third kappa shape index (κ3) is 4.25. The van der Waals surface area contributed by atoms with Gasteiger partial charge in [0.15, 0.2) is 0 Å². The van der Waals surface area contributed by atoms with Crippen molar-refractivity contribution < 1.29 is 27.5 Å². The van der Waals surface area contributed by atoms with Gasteiger partial charge in [0, 0.05) is 17.1 Å². The lowest BCUT2D eigenvalue weighted by Gasteiger charge is -2.11. The Morgan fingerprint density at radius 1 is 1.06 bits per heavy atom. The number of carbonyl (C=O) groups is 2. The van der Waals surface area contributed by atoms with Crippen molar-refractivity contribution in [3.05, 3.63) is 89.1 Å². The van der Waals surface area contributed by atoms with Crippen LogP contribution in [0.1, 0.15) is 23.0 Å². The number of thiazole rings is 1. The summed E-state index contributed by atoms with van der Waals surface area (Å²) in [4.78, 5) is 28.1. The Labute approximate surface area is 209 Å². The second-order valence-corrected chi connectivity index (χ2v) is 10.8. The molecule has 4 aromatic rings. The summed E-state index contributed by atoms with van der Waals surface area (Å²) in [6.45, 7) is 1.70. The lowest BCUT2D eigenvalue weighted by atomic mass is 10.1. The van der Waals surface area contributed by atoms with Gasteiger partial charge < -0.3 is 9.52 Å². The number of sulfone groups is 1. The van der Waals surface area contributed by atoms with Gasteiger partial charge in [-0.3, -0.25) is 4.79 Å². The first kappa shape index (κ1) is 23.4. The van der Waals surface area contributed by atoms with Crippen molar-refractivity contribution in [1.82, 2.24) is 4.98 Å². The van der Waals surface area contributed by atoms with Crippen LogP contribution in [-0.2, 0) is 14.6 Å². The number of amides is 1. The largest absolute Gasteiger partial charge is 0.478 e. The molecule has 1 N–H and O–H groups in total. The van der Waals surface area contributed by atoms with Crippen LogP contribution >= 0.6 is 11.3 Å². The van der Waals surface area contributed by atoms with Crippen LogP contribution in [0.2, 0.25) is 0 Å². The molecule has 0 radical (unpaired) electrons. The molecule has 1 amide bonds. The maximum absolute atomic E-state index is 13.0. The summed E-state index contributed by atoms with van der Waals surface area (Å²) in [6, 6.07) is 15.6. The van der Waals surface area contributed by atoms with Crippen molar-refractivity contribution in [2.24, 2.45) is 5.10 Å². The van der Waals surface area contributed by atoms with Crippen molar-refractivity contribution in [2.45, 2.75) is 16.2 Å². The molecule has 5 rings (SSSR count). The number of carbonyl (C=O) groups excluding carboxylic acids is 1. The number of nitrogens with zero attached hydrogens (tertiary/aromatic N) is 3. The topological polar surface area (TPSA) is 130 Å². The average Bonchev–Trinajstić information content (AvgIpc) is 3.63. The fourth-order valence-electron chi connectivity index (χ4n) is 3.57. The highest BCUT2D eigenvalue weighted by Crippen LogP contribution is 2.29. The number of benzene rings is 2. The van der Waals surface area contributed by atoms with E-state index in [0.717, 1.165) is 11.3 Å². The highest BCUT2D eigenvalue weighted by Gasteiger charge is 2.29. The minimum Gasteiger partial charge on any atom is -0.478 e. The van der Waals surface area contributed by atoms with E-state index in [1.807, 2.05) is 0 Å². The Morgan fingerprint density at radius 2 is 1.78 bits per heavy atom. The van der Waals surface area contributed by atoms with Crippen LogP contribution in [0.4, 0.5) is 5.69 Å². The van der Waals surface area contributed by atoms with E-state index in [1.54, 1.807) is 42.6 Å². The summed E-state index contributed by atoms with van der Waals surface area (Å²) < 4.78 is 31.2. The zero-order valence-corrected chi connectivity index (χ0v) is 20.3. The third-order valence-electron chi connectivity index (χ3n) is 5.42. The molecule has 0 saturated heterocycles. The monoisotopic (exact) mass is 519 g/mol. The molecule has 0 saturated carbocycles. The maximum atomic E-state index is 13.0. The van der Waals surface area contributed by atoms with Crippen molar-refractivity contribution >= 4 is 50.5 Å². The van der Waals surface area contributed by atoms with Gasteiger partial charge in [-0.2, -0.15) is 10.1 Å². The summed E-state index contributed by atoms with van der Waals surface area (Å²) >= 11 is 1.06. The molecule has 2 aromatic carbocycles. The van der Waals surface area contributed by atoms with Crippen LogP contribution in [0.15, 0.2) is 96.6 Å². The molecule has 9 nitrogen and oxygen atoms in total. The molecule has 3 heterocycles. The van der Waals surface area contributed by atoms with Gasteiger partial charge in [-0.05, 0) is 73.7 Å². The summed E-state index contributed by atoms with van der Waals surface area (Å²) in [5, 5.41) is 16.2. The van der Waals surface area contributed by atoms with E-state index in [0.29, 0.717) is 34.1 Å². The molecular formula is C25H17N3O6S2. The van der Waals surface area contributed by atoms with Crippen LogP contribution in [-0.4, -0.2) is 36.1 Å². The molecule has 2 aromatic heterocycles. The van der Waals surface area contributed by atoms with Gasteiger partial charge in [0.1, 0.15) is 11.5 Å². The molecular weight excluding hydrogens is 502 g/mol. The van der Waals surface area contributed by atoms with E-state index in [9.17, 15) is 18.0 Å². The quantitative estimate of drug-likeness (QED) is 0.364. The smallest absolute Gasteiger partial charge is 0.335 e. The van der Waals surface area contributed by atoms with Crippen molar-refractivity contribution in [2.75, 3.05) is 5.01 Å². The number of anilines is 1. The number of hydrogen-bond acceptors (Lipinski definition) is 8. The Balaban J connectivity index is 1.36. The molecule has 0 aliphatic carbocycles. The van der Waals surface area contributed by atoms with Crippen LogP contribution < -0.4 is 5.01 Å². The van der Waals surface area contributed by atoms with E-state index in [1.165, 1.54) is 47.6 Å². The van der Waals surface area contributed by atoms with Crippen LogP contribution in [0.25, 0.3) is 17.4 Å². The van der Waals surface area contributed by atoms with E-state index in [2.05, 4.69) is 10.1 Å². The minimum atomic E-state index is -3.67. The minimum absolute atomic E-state index is 0.0345. The first-order chi connectivity index (χ1) is 17.2. The number of aromatic carboxylic acids is 1. The first-order valence-corrected chi connectivity index (χ1v) is 12.9. The Kier molecular flexibility index (Phi) is 5.86. The van der Waals surface area contributed by atoms with E-state index < -0.39 is 15.8 Å². The molecule has 0 spiro atoms. The zero-order chi connectivity index (χ0) is 25.4. The van der Waals surface area contributed by atoms with Gasteiger partial charge in [0.2, 0.25) is 14.2 Å². The fraction of sp³-hybridized carbons (Fsp3) is 0.0400. The van der Waals surface area contributed by atoms with Gasteiger partial charge in [0.05, 0.1) is 27.4 Å². The first-order valence-electron chi connectivity index (χ1n) is 10.5. The van der Waals surface area contributed by atoms with Gasteiger partial charge in [-0.15, -0.1) is 11.3 Å². The van der Waals surface area contributed by atoms with E-state index in [4.69, 9.17) is 9.52 Å². The predicted molar refractivity (Wildman–Crippen MR) is 134 cm³/mol. The van der Waals surface area contributed by atoms with Crippen molar-refractivity contribution in [1.29, 1.82) is 0 Å². The van der Waals surface area contributed by atoms with Gasteiger partial charge in [-0.1, -0.05) is 0 Å². The normalized spacial score (nSPS) is 14.9. The number of carboxylic acids is 1. The van der Waals surface area contributed by atoms with Gasteiger partial charge >= 0.3 is 5.97 Å². The van der Waals surface area contributed by atoms with Gasteiger partial charge in [0.25, 0.3) is 5.91 Å². The lowest BCUT2D eigenvalue weighted by Crippen LogP contribution is -2.21. The molecule has 1 aliphatic rings. The number of hydrogen-bond donors (Lipinski definition) is 1. The predicted octanol–water partition coefficient (Wildman–Crippen LogP) is 4.74. The summed E-state index contributed by atoms with van der Waals surface area (Å²) in [6.07, 6.45) is 3.03. The SMILES string of the molecule is CC1=NN(c2ccc(C(=O)O)cc2)C(=O)C1=Cc1ccc(-c2ccc(S(=O)(=O)c3nccs3)cc2)o1. The highest BCUT2D eigenvalue weighted by atomic mass is 32.2. The van der Waals surface area contributed by atoms with Crippen molar-refractivity contribution in [3.63, 3.8) is 0 Å². The third-order valence-corrected chi connectivity index (χ3v) is 8.39. The summed E-state index contributed by atoms with van der Waals surface area (Å²) in [5.74, 6) is -0.504. The zero-order valence-electron chi connectivity index (χ0n) is 18.7. The Bertz CT molecular complexity index is 1630. The molecule has 36 heavy (non-hydrogen) atoms. The molecule has 0 atom stereocenters. The van der Waals surface area contributed by atoms with Crippen LogP contribution in [0.5, 0.6) is 0 Å². The van der Waals surface area contributed by atoms with Crippen LogP contribution in [0, 0.1) is 0 Å². The van der Waals surface area contributed by atoms with E-state index >= 15 is 0 Å². The Hall–Kier alpha value is -4.35. The lowest BCUT2D eigenvalue weighted by molar-refractivity contribution is -0.114. The second kappa shape index (κ2) is 9.02. The van der Waals surface area contributed by atoms with E-state index in [-0.39, 0.29) is 20.7 Å². The Morgan fingerprint density at radius 3 is 2.42 bits per heavy atom. The number of aromatic nitrogens is 1. The summed E-state index contributed by atoms with van der Waals surface area (Å²) in [5.41, 5.74) is 2.04. The molecule has 0 unspecified atom stereocenters. The molecule has 1 aliphatic heterocycles. The number of hydrazone groups is 1.